The van der Waals surface area contributed by atoms with Crippen LogP contribution < -0.4 is 11.3 Å². The van der Waals surface area contributed by atoms with E-state index in [1.54, 1.807) is 6.07 Å². The molecule has 0 radical (unpaired) electrons. The number of amides is 1. The van der Waals surface area contributed by atoms with Gasteiger partial charge in [0.25, 0.3) is 0 Å². The van der Waals surface area contributed by atoms with Crippen molar-refractivity contribution in [2.45, 2.75) is 19.6 Å². The molecule has 90 valence electrons. The Bertz CT molecular complexity index is 358. The molecule has 3 N–H and O–H groups in total. The number of carbonyl (C=O) groups is 1. The van der Waals surface area contributed by atoms with Gasteiger partial charge in [-0.15, -0.1) is 0 Å². The van der Waals surface area contributed by atoms with Crippen molar-refractivity contribution in [3.05, 3.63) is 23.2 Å². The second kappa shape index (κ2) is 5.64. The molecule has 1 aromatic rings. The molecule has 0 unspecified atom stereocenters. The molecule has 0 aliphatic rings. The van der Waals surface area contributed by atoms with Crippen LogP contribution in [0.4, 0.5) is 0 Å². The maximum absolute atomic E-state index is 11.4. The second-order valence-electron chi connectivity index (χ2n) is 3.13. The minimum absolute atomic E-state index is 0.194. The number of nitrogens with two attached hydrogens (primary N) is 1. The Morgan fingerprint density at radius 2 is 2.19 bits per heavy atom. The molecule has 0 atom stereocenters. The van der Waals surface area contributed by atoms with Crippen molar-refractivity contribution in [1.29, 1.82) is 0 Å². The zero-order valence-electron chi connectivity index (χ0n) is 9.57. The first-order valence-electron chi connectivity index (χ1n) is 4.87. The lowest BCUT2D eigenvalue weighted by Crippen LogP contribution is -2.30. The van der Waals surface area contributed by atoms with E-state index < -0.39 is 12.2 Å². The van der Waals surface area contributed by atoms with E-state index in [-0.39, 0.29) is 5.76 Å². The lowest BCUT2D eigenvalue weighted by Gasteiger charge is -2.09. The Morgan fingerprint density at radius 1 is 1.56 bits per heavy atom. The first-order chi connectivity index (χ1) is 7.67. The summed E-state index contributed by atoms with van der Waals surface area (Å²) in [6.45, 7) is 1.91. The molecule has 6 heteroatoms. The number of hydrogen-bond donors (Lipinski definition) is 2. The van der Waals surface area contributed by atoms with Crippen LogP contribution in [0.15, 0.2) is 10.5 Å². The summed E-state index contributed by atoms with van der Waals surface area (Å²) in [6, 6.07) is 1.72. The third kappa shape index (κ3) is 2.41. The highest BCUT2D eigenvalue weighted by molar-refractivity contribution is 5.92. The van der Waals surface area contributed by atoms with Crippen LogP contribution >= 0.6 is 0 Å². The zero-order valence-corrected chi connectivity index (χ0v) is 9.57. The smallest absolute Gasteiger partial charge is 0.301 e. The summed E-state index contributed by atoms with van der Waals surface area (Å²) in [7, 11) is 2.98. The molecular formula is C10H16N2O4. The van der Waals surface area contributed by atoms with E-state index in [1.165, 1.54) is 14.2 Å². The topological polar surface area (TPSA) is 86.7 Å². The average Bonchev–Trinajstić information content (AvgIpc) is 2.73. The molecule has 0 saturated carbocycles. The van der Waals surface area contributed by atoms with Gasteiger partial charge < -0.3 is 13.9 Å². The summed E-state index contributed by atoms with van der Waals surface area (Å²) in [6.07, 6.45) is 0.0384. The van der Waals surface area contributed by atoms with Gasteiger partial charge in [0, 0.05) is 19.8 Å². The van der Waals surface area contributed by atoms with Crippen LogP contribution in [0, 0.1) is 0 Å². The van der Waals surface area contributed by atoms with Crippen LogP contribution in [0.2, 0.25) is 0 Å². The molecule has 0 aliphatic heterocycles. The molecule has 1 aromatic heterocycles. The van der Waals surface area contributed by atoms with Gasteiger partial charge in [-0.05, 0) is 12.5 Å². The molecule has 0 saturated heterocycles. The molecule has 0 aliphatic carbocycles. The van der Waals surface area contributed by atoms with Gasteiger partial charge in [-0.1, -0.05) is 6.92 Å². The number of nitrogen functional groups attached to an aromatic ring is 1. The summed E-state index contributed by atoms with van der Waals surface area (Å²) in [5.74, 6) is 5.23. The van der Waals surface area contributed by atoms with Gasteiger partial charge in [0.05, 0.1) is 0 Å². The number of hydrogen-bond acceptors (Lipinski definition) is 5. The van der Waals surface area contributed by atoms with Crippen molar-refractivity contribution in [2.75, 3.05) is 14.2 Å². The Labute approximate surface area is 93.7 Å². The first-order valence-corrected chi connectivity index (χ1v) is 4.87. The van der Waals surface area contributed by atoms with Crippen LogP contribution in [0.3, 0.4) is 0 Å². The van der Waals surface area contributed by atoms with Crippen molar-refractivity contribution in [3.63, 3.8) is 0 Å². The van der Waals surface area contributed by atoms with Gasteiger partial charge >= 0.3 is 5.91 Å². The zero-order chi connectivity index (χ0) is 12.1. The van der Waals surface area contributed by atoms with Crippen LogP contribution in [-0.2, 0) is 15.9 Å². The van der Waals surface area contributed by atoms with Crippen molar-refractivity contribution in [2.24, 2.45) is 5.84 Å². The van der Waals surface area contributed by atoms with E-state index >= 15 is 0 Å². The largest absolute Gasteiger partial charge is 0.450 e. The third-order valence-electron chi connectivity index (χ3n) is 2.21. The number of methoxy groups -OCH3 is 2. The normalized spacial score (nSPS) is 10.8. The molecule has 1 heterocycles. The number of carbonyl (C=O) groups excluding carboxylic acids is 1. The molecule has 1 amide bonds. The molecular weight excluding hydrogens is 212 g/mol. The van der Waals surface area contributed by atoms with Gasteiger partial charge in [0.15, 0.2) is 11.5 Å². The van der Waals surface area contributed by atoms with Gasteiger partial charge in [0.2, 0.25) is 6.29 Å². The number of nitrogens with one attached hydrogen (secondary N) is 1. The fraction of sp³-hybridized carbons (Fsp3) is 0.500. The van der Waals surface area contributed by atoms with Crippen LogP contribution in [-0.4, -0.2) is 20.1 Å². The standard InChI is InChI=1S/C10H16N2O4/c1-4-6-5-7(10(14-2)15-3)16-8(6)9(13)12-11/h5,10H,4,11H2,1-3H3,(H,12,13). The first kappa shape index (κ1) is 12.7. The fourth-order valence-electron chi connectivity index (χ4n) is 1.42. The summed E-state index contributed by atoms with van der Waals surface area (Å²) >= 11 is 0. The number of hydrazine groups is 1. The van der Waals surface area contributed by atoms with Crippen molar-refractivity contribution in [3.8, 4) is 0 Å². The molecule has 0 spiro atoms. The van der Waals surface area contributed by atoms with Gasteiger partial charge in [-0.3, -0.25) is 10.2 Å². The molecule has 0 bridgehead atoms. The highest BCUT2D eigenvalue weighted by atomic mass is 16.7. The number of rotatable bonds is 5. The van der Waals surface area contributed by atoms with E-state index in [2.05, 4.69) is 0 Å². The summed E-state index contributed by atoms with van der Waals surface area (Å²) in [5.41, 5.74) is 2.79. The second-order valence-corrected chi connectivity index (χ2v) is 3.13. The molecule has 6 nitrogen and oxygen atoms in total. The van der Waals surface area contributed by atoms with Gasteiger partial charge in [0.1, 0.15) is 0 Å². The summed E-state index contributed by atoms with van der Waals surface area (Å²) < 4.78 is 15.4. The lowest BCUT2D eigenvalue weighted by atomic mass is 10.2. The minimum atomic E-state index is -0.621. The average molecular weight is 228 g/mol. The van der Waals surface area contributed by atoms with Crippen molar-refractivity contribution >= 4 is 5.91 Å². The molecule has 0 fully saturated rings. The molecule has 1 rings (SSSR count). The van der Waals surface area contributed by atoms with Gasteiger partial charge in [-0.2, -0.15) is 0 Å². The summed E-state index contributed by atoms with van der Waals surface area (Å²) in [4.78, 5) is 11.4. The quantitative estimate of drug-likeness (QED) is 0.336. The van der Waals surface area contributed by atoms with Crippen LogP contribution in [0.1, 0.15) is 35.1 Å². The Kier molecular flexibility index (Phi) is 4.48. The molecule has 0 aromatic carbocycles. The van der Waals surface area contributed by atoms with Gasteiger partial charge in [-0.25, -0.2) is 5.84 Å². The third-order valence-corrected chi connectivity index (χ3v) is 2.21. The maximum Gasteiger partial charge on any atom is 0.301 e. The summed E-state index contributed by atoms with van der Waals surface area (Å²) in [5, 5.41) is 0. The van der Waals surface area contributed by atoms with Crippen LogP contribution in [0.25, 0.3) is 0 Å². The van der Waals surface area contributed by atoms with E-state index in [0.29, 0.717) is 12.2 Å². The SMILES string of the molecule is CCc1cc(C(OC)OC)oc1C(=O)NN. The Morgan fingerprint density at radius 3 is 2.62 bits per heavy atom. The Balaban J connectivity index is 3.06. The Hall–Kier alpha value is -1.37. The maximum atomic E-state index is 11.4. The van der Waals surface area contributed by atoms with Crippen LogP contribution in [0.5, 0.6) is 0 Å². The number of furan rings is 1. The minimum Gasteiger partial charge on any atom is -0.450 e. The van der Waals surface area contributed by atoms with Crippen molar-refractivity contribution < 1.29 is 18.7 Å². The highest BCUT2D eigenvalue weighted by Crippen LogP contribution is 2.24. The lowest BCUT2D eigenvalue weighted by molar-refractivity contribution is -0.118. The monoisotopic (exact) mass is 228 g/mol. The van der Waals surface area contributed by atoms with E-state index in [9.17, 15) is 4.79 Å². The predicted molar refractivity (Wildman–Crippen MR) is 56.5 cm³/mol. The molecule has 16 heavy (non-hydrogen) atoms. The highest BCUT2D eigenvalue weighted by Gasteiger charge is 2.21. The van der Waals surface area contributed by atoms with E-state index in [1.807, 2.05) is 12.3 Å². The number of aryl methyl sites for hydroxylation is 1. The van der Waals surface area contributed by atoms with Crippen molar-refractivity contribution in [1.82, 2.24) is 5.43 Å². The number of ether oxygens (including phenoxy) is 2. The van der Waals surface area contributed by atoms with E-state index in [0.717, 1.165) is 5.56 Å². The predicted octanol–water partition coefficient (Wildman–Crippen LogP) is 0.737. The fourth-order valence-corrected chi connectivity index (χ4v) is 1.42. The van der Waals surface area contributed by atoms with E-state index in [4.69, 9.17) is 19.7 Å².